The van der Waals surface area contributed by atoms with Crippen molar-refractivity contribution in [3.63, 3.8) is 0 Å². The van der Waals surface area contributed by atoms with Crippen molar-refractivity contribution in [2.45, 2.75) is 25.8 Å². The van der Waals surface area contributed by atoms with Gasteiger partial charge in [0, 0.05) is 30.9 Å². The first kappa shape index (κ1) is 22.6. The molecule has 0 unspecified atom stereocenters. The molecule has 1 N–H and O–H groups in total. The van der Waals surface area contributed by atoms with Crippen LogP contribution in [0.2, 0.25) is 0 Å². The fourth-order valence-corrected chi connectivity index (χ4v) is 4.32. The number of nitrogens with zero attached hydrogens (tertiary/aromatic N) is 3. The molecule has 4 aromatic rings. The summed E-state index contributed by atoms with van der Waals surface area (Å²) < 4.78 is 20.2. The van der Waals surface area contributed by atoms with Crippen molar-refractivity contribution in [2.24, 2.45) is 0 Å². The number of nitrogens with one attached hydrogen (secondary N) is 1. The lowest BCUT2D eigenvalue weighted by atomic mass is 10.0. The Morgan fingerprint density at radius 2 is 1.83 bits per heavy atom. The highest BCUT2D eigenvalue weighted by Gasteiger charge is 2.27. The molecule has 2 aromatic carbocycles. The SMILES string of the molecule is Cc1cccc(-c2nn(-c3ccc(F)cc3)cc2C(=O)NC2CCN(C(=O)c3ccco3)CC2)c1. The van der Waals surface area contributed by atoms with Gasteiger partial charge in [0.2, 0.25) is 0 Å². The molecule has 5 rings (SSSR count). The molecule has 2 aromatic heterocycles. The third-order valence-electron chi connectivity index (χ3n) is 6.19. The molecule has 7 nitrogen and oxygen atoms in total. The number of carbonyl (C=O) groups is 2. The van der Waals surface area contributed by atoms with E-state index in [1.807, 2.05) is 31.2 Å². The van der Waals surface area contributed by atoms with Crippen molar-refractivity contribution < 1.29 is 18.4 Å². The number of furan rings is 1. The molecule has 0 saturated carbocycles. The quantitative estimate of drug-likeness (QED) is 0.460. The van der Waals surface area contributed by atoms with E-state index in [0.717, 1.165) is 11.1 Å². The second kappa shape index (κ2) is 9.58. The first-order valence-corrected chi connectivity index (χ1v) is 11.5. The normalized spacial score (nSPS) is 14.2. The number of aryl methyl sites for hydroxylation is 1. The van der Waals surface area contributed by atoms with Gasteiger partial charge in [-0.15, -0.1) is 0 Å². The first-order chi connectivity index (χ1) is 17.0. The fraction of sp³-hybridized carbons (Fsp3) is 0.222. The van der Waals surface area contributed by atoms with E-state index in [1.54, 1.807) is 40.0 Å². The zero-order chi connectivity index (χ0) is 24.4. The molecule has 1 aliphatic rings. The Morgan fingerprint density at radius 1 is 1.06 bits per heavy atom. The molecule has 1 saturated heterocycles. The van der Waals surface area contributed by atoms with Crippen LogP contribution < -0.4 is 5.32 Å². The molecule has 178 valence electrons. The number of hydrogen-bond donors (Lipinski definition) is 1. The lowest BCUT2D eigenvalue weighted by Gasteiger charge is -2.31. The minimum atomic E-state index is -0.338. The standard InChI is InChI=1S/C27H25FN4O3/c1-18-4-2-5-19(16-18)25-23(17-32(30-25)22-9-7-20(28)8-10-22)26(33)29-21-11-13-31(14-12-21)27(34)24-6-3-15-35-24/h2-10,15-17,21H,11-14H2,1H3,(H,29,33). The number of aromatic nitrogens is 2. The topological polar surface area (TPSA) is 80.4 Å². The molecular weight excluding hydrogens is 447 g/mol. The van der Waals surface area contributed by atoms with Gasteiger partial charge in [0.25, 0.3) is 11.8 Å². The molecule has 2 amide bonds. The minimum absolute atomic E-state index is 0.0670. The Labute approximate surface area is 202 Å². The summed E-state index contributed by atoms with van der Waals surface area (Å²) in [6.07, 6.45) is 4.45. The Hall–Kier alpha value is -4.20. The molecular formula is C27H25FN4O3. The van der Waals surface area contributed by atoms with Crippen LogP contribution in [0.1, 0.15) is 39.3 Å². The number of likely N-dealkylation sites (tertiary alicyclic amines) is 1. The maximum atomic E-state index is 13.4. The number of halogens is 1. The smallest absolute Gasteiger partial charge is 0.289 e. The summed E-state index contributed by atoms with van der Waals surface area (Å²) in [6.45, 7) is 3.05. The molecule has 8 heteroatoms. The van der Waals surface area contributed by atoms with Crippen molar-refractivity contribution >= 4 is 11.8 Å². The van der Waals surface area contributed by atoms with Crippen molar-refractivity contribution in [1.29, 1.82) is 0 Å². The number of piperidine rings is 1. The molecule has 0 atom stereocenters. The van der Waals surface area contributed by atoms with Crippen LogP contribution >= 0.6 is 0 Å². The molecule has 1 fully saturated rings. The van der Waals surface area contributed by atoms with Crippen LogP contribution in [0.25, 0.3) is 16.9 Å². The first-order valence-electron chi connectivity index (χ1n) is 11.5. The lowest BCUT2D eigenvalue weighted by Crippen LogP contribution is -2.46. The highest BCUT2D eigenvalue weighted by Crippen LogP contribution is 2.25. The van der Waals surface area contributed by atoms with Gasteiger partial charge in [-0.2, -0.15) is 5.10 Å². The Bertz CT molecular complexity index is 1340. The second-order valence-corrected chi connectivity index (χ2v) is 8.70. The van der Waals surface area contributed by atoms with Crippen molar-refractivity contribution in [3.8, 4) is 16.9 Å². The maximum absolute atomic E-state index is 13.4. The highest BCUT2D eigenvalue weighted by molar-refractivity contribution is 6.00. The van der Waals surface area contributed by atoms with E-state index in [4.69, 9.17) is 4.42 Å². The van der Waals surface area contributed by atoms with Gasteiger partial charge >= 0.3 is 0 Å². The predicted octanol–water partition coefficient (Wildman–Crippen LogP) is 4.61. The molecule has 35 heavy (non-hydrogen) atoms. The number of benzene rings is 2. The van der Waals surface area contributed by atoms with Crippen LogP contribution in [0.4, 0.5) is 4.39 Å². The van der Waals surface area contributed by atoms with Crippen LogP contribution in [0, 0.1) is 12.7 Å². The average molecular weight is 473 g/mol. The molecule has 0 bridgehead atoms. The minimum Gasteiger partial charge on any atom is -0.459 e. The van der Waals surface area contributed by atoms with Crippen LogP contribution in [0.5, 0.6) is 0 Å². The van der Waals surface area contributed by atoms with Gasteiger partial charge in [-0.25, -0.2) is 9.07 Å². The lowest BCUT2D eigenvalue weighted by molar-refractivity contribution is 0.0667. The molecule has 1 aliphatic heterocycles. The average Bonchev–Trinajstić information content (AvgIpc) is 3.55. The number of rotatable bonds is 5. The van der Waals surface area contributed by atoms with Gasteiger partial charge in [-0.3, -0.25) is 9.59 Å². The number of carbonyl (C=O) groups excluding carboxylic acids is 2. The van der Waals surface area contributed by atoms with Gasteiger partial charge in [0.15, 0.2) is 5.76 Å². The van der Waals surface area contributed by atoms with E-state index in [9.17, 15) is 14.0 Å². The highest BCUT2D eigenvalue weighted by atomic mass is 19.1. The Balaban J connectivity index is 1.35. The van der Waals surface area contributed by atoms with E-state index in [0.29, 0.717) is 48.6 Å². The molecule has 3 heterocycles. The fourth-order valence-electron chi connectivity index (χ4n) is 4.32. The van der Waals surface area contributed by atoms with Crippen molar-refractivity contribution in [2.75, 3.05) is 13.1 Å². The number of amides is 2. The summed E-state index contributed by atoms with van der Waals surface area (Å²) in [5.74, 6) is -0.383. The van der Waals surface area contributed by atoms with E-state index in [-0.39, 0.29) is 23.7 Å². The van der Waals surface area contributed by atoms with Gasteiger partial charge in [0.05, 0.1) is 17.5 Å². The number of hydrogen-bond acceptors (Lipinski definition) is 4. The zero-order valence-electron chi connectivity index (χ0n) is 19.3. The maximum Gasteiger partial charge on any atom is 0.289 e. The van der Waals surface area contributed by atoms with Crippen LogP contribution in [-0.2, 0) is 0 Å². The monoisotopic (exact) mass is 472 g/mol. The third-order valence-corrected chi connectivity index (χ3v) is 6.19. The van der Waals surface area contributed by atoms with Crippen LogP contribution in [0.15, 0.2) is 77.5 Å². The summed E-state index contributed by atoms with van der Waals surface area (Å²) in [7, 11) is 0. The second-order valence-electron chi connectivity index (χ2n) is 8.70. The largest absolute Gasteiger partial charge is 0.459 e. The summed E-state index contributed by atoms with van der Waals surface area (Å²) in [6, 6.07) is 17.1. The van der Waals surface area contributed by atoms with Gasteiger partial charge in [-0.05, 0) is 62.2 Å². The van der Waals surface area contributed by atoms with E-state index < -0.39 is 0 Å². The third kappa shape index (κ3) is 4.87. The molecule has 0 aliphatic carbocycles. The van der Waals surface area contributed by atoms with Crippen molar-refractivity contribution in [3.05, 3.63) is 95.8 Å². The summed E-state index contributed by atoms with van der Waals surface area (Å²) in [5.41, 5.74) is 3.53. The Kier molecular flexibility index (Phi) is 6.18. The van der Waals surface area contributed by atoms with Crippen LogP contribution in [0.3, 0.4) is 0 Å². The van der Waals surface area contributed by atoms with Crippen molar-refractivity contribution in [1.82, 2.24) is 20.0 Å². The van der Waals surface area contributed by atoms with Gasteiger partial charge in [-0.1, -0.05) is 23.8 Å². The molecule has 0 spiro atoms. The van der Waals surface area contributed by atoms with Gasteiger partial charge < -0.3 is 14.6 Å². The Morgan fingerprint density at radius 3 is 2.51 bits per heavy atom. The van der Waals surface area contributed by atoms with E-state index in [2.05, 4.69) is 10.4 Å². The summed E-state index contributed by atoms with van der Waals surface area (Å²) >= 11 is 0. The predicted molar refractivity (Wildman–Crippen MR) is 129 cm³/mol. The van der Waals surface area contributed by atoms with Gasteiger partial charge in [0.1, 0.15) is 11.5 Å². The zero-order valence-corrected chi connectivity index (χ0v) is 19.3. The van der Waals surface area contributed by atoms with E-state index in [1.165, 1.54) is 18.4 Å². The van der Waals surface area contributed by atoms with Crippen LogP contribution in [-0.4, -0.2) is 45.6 Å². The molecule has 0 radical (unpaired) electrons. The summed E-state index contributed by atoms with van der Waals surface area (Å²) in [4.78, 5) is 27.6. The van der Waals surface area contributed by atoms with E-state index >= 15 is 0 Å². The summed E-state index contributed by atoms with van der Waals surface area (Å²) in [5, 5.41) is 7.78.